The van der Waals surface area contributed by atoms with Crippen LogP contribution in [0, 0.1) is 5.41 Å². The number of carbonyl (C=O) groups excluding carboxylic acids is 2. The van der Waals surface area contributed by atoms with Crippen LogP contribution in [0.2, 0.25) is 0 Å². The fourth-order valence-corrected chi connectivity index (χ4v) is 7.64. The van der Waals surface area contributed by atoms with Crippen LogP contribution >= 0.6 is 0 Å². The minimum atomic E-state index is -2.93. The number of hydrogen-bond donors (Lipinski definition) is 2. The third kappa shape index (κ3) is 8.46. The topological polar surface area (TPSA) is 128 Å². The predicted molar refractivity (Wildman–Crippen MR) is 180 cm³/mol. The fourth-order valence-electron chi connectivity index (χ4n) is 7.64. The van der Waals surface area contributed by atoms with Gasteiger partial charge in [-0.05, 0) is 126 Å². The van der Waals surface area contributed by atoms with Gasteiger partial charge in [0.15, 0.2) is 0 Å². The molecule has 4 saturated carbocycles. The Kier molecular flexibility index (Phi) is 9.53. The number of ether oxygens (including phenoxy) is 3. The fraction of sp³-hybridized carbons (Fsp3) is 0.722. The normalized spacial score (nSPS) is 25.7. The number of aliphatic hydroxyl groups excluding tert-OH is 1. The van der Waals surface area contributed by atoms with Gasteiger partial charge in [0.25, 0.3) is 6.43 Å². The zero-order chi connectivity index (χ0) is 36.3. The number of hydrogen-bond acceptors (Lipinski definition) is 8. The number of alkyl halides is 2. The SMILES string of the molecule is CC(CC12CC(NC(=O)OC(C)(C)C)(C1)C2)Oc1cc(N(C(=O)OC(C)(C)C)c2cc([C@H]3CC[C@@H](O)C3)nn2C(C)(C)C)cc(C(F)F)n1. The average Bonchev–Trinajstić information content (AvgIpc) is 3.51. The predicted octanol–water partition coefficient (Wildman–Crippen LogP) is 8.28. The number of nitrogens with zero attached hydrogens (tertiary/aromatic N) is 4. The number of alkyl carbamates (subject to hydrolysis) is 1. The van der Waals surface area contributed by atoms with Crippen LogP contribution in [0.4, 0.5) is 29.9 Å². The van der Waals surface area contributed by atoms with Crippen LogP contribution < -0.4 is 15.0 Å². The van der Waals surface area contributed by atoms with E-state index in [0.717, 1.165) is 25.7 Å². The van der Waals surface area contributed by atoms with Crippen molar-refractivity contribution < 1.29 is 37.7 Å². The molecule has 13 heteroatoms. The molecular formula is C36H53F2N5O6. The maximum Gasteiger partial charge on any atom is 0.420 e. The van der Waals surface area contributed by atoms with Gasteiger partial charge in [-0.2, -0.15) is 5.10 Å². The first kappa shape index (κ1) is 36.8. The molecule has 11 nitrogen and oxygen atoms in total. The molecular weight excluding hydrogens is 636 g/mol. The molecule has 3 atom stereocenters. The van der Waals surface area contributed by atoms with E-state index in [0.29, 0.717) is 30.8 Å². The average molecular weight is 690 g/mol. The second-order valence-corrected chi connectivity index (χ2v) is 17.4. The summed E-state index contributed by atoms with van der Waals surface area (Å²) in [7, 11) is 0. The Morgan fingerprint density at radius 1 is 1.02 bits per heavy atom. The highest BCUT2D eigenvalue weighted by Gasteiger charge is 2.68. The van der Waals surface area contributed by atoms with E-state index < -0.39 is 47.2 Å². The molecule has 2 bridgehead atoms. The molecule has 2 heterocycles. The molecule has 2 N–H and O–H groups in total. The number of amides is 2. The second kappa shape index (κ2) is 12.7. The standard InChI is InChI=1S/C36H53F2N5O6/c1-21(17-35-18-36(19-35,20-35)40-30(45)48-33(5,6)7)47-27-15-23(14-26(39-27)29(37)38)42(31(46)49-34(8,9)10)28-16-25(22-11-12-24(44)13-22)41-43(28)32(2,3)4/h14-16,21-22,24,29,44H,11-13,17-20H2,1-10H3,(H,40,45)/t21?,22-,24+,35?,36?/m0/s1. The van der Waals surface area contributed by atoms with E-state index in [4.69, 9.17) is 19.3 Å². The third-order valence-electron chi connectivity index (χ3n) is 9.21. The van der Waals surface area contributed by atoms with Crippen molar-refractivity contribution in [1.29, 1.82) is 0 Å². The third-order valence-corrected chi connectivity index (χ3v) is 9.21. The molecule has 2 amide bonds. The molecule has 2 aromatic heterocycles. The van der Waals surface area contributed by atoms with Gasteiger partial charge in [-0.1, -0.05) is 0 Å². The minimum Gasteiger partial charge on any atom is -0.475 e. The lowest BCUT2D eigenvalue weighted by molar-refractivity contribution is -0.167. The summed E-state index contributed by atoms with van der Waals surface area (Å²) in [6, 6.07) is 4.45. The Hall–Kier alpha value is -3.48. The van der Waals surface area contributed by atoms with Crippen molar-refractivity contribution in [2.75, 3.05) is 4.90 Å². The summed E-state index contributed by atoms with van der Waals surface area (Å²) in [6.07, 6.45) is 0.000838. The summed E-state index contributed by atoms with van der Waals surface area (Å²) in [4.78, 5) is 31.7. The van der Waals surface area contributed by atoms with E-state index in [1.165, 1.54) is 17.0 Å². The Balaban J connectivity index is 1.42. The van der Waals surface area contributed by atoms with Gasteiger partial charge in [0, 0.05) is 23.6 Å². The number of rotatable bonds is 9. The first-order valence-corrected chi connectivity index (χ1v) is 17.3. The summed E-state index contributed by atoms with van der Waals surface area (Å²) in [5.41, 5.74) is -2.09. The Morgan fingerprint density at radius 2 is 1.65 bits per heavy atom. The van der Waals surface area contributed by atoms with Gasteiger partial charge in [-0.25, -0.2) is 32.9 Å². The molecule has 0 aromatic carbocycles. The summed E-state index contributed by atoms with van der Waals surface area (Å²) in [6.45, 7) is 18.4. The summed E-state index contributed by atoms with van der Waals surface area (Å²) >= 11 is 0. The number of anilines is 2. The molecule has 4 aliphatic carbocycles. The number of halogens is 2. The van der Waals surface area contributed by atoms with E-state index in [-0.39, 0.29) is 34.5 Å². The summed E-state index contributed by atoms with van der Waals surface area (Å²) in [5, 5.41) is 18.1. The lowest BCUT2D eigenvalue weighted by Crippen LogP contribution is -2.75. The van der Waals surface area contributed by atoms with E-state index >= 15 is 0 Å². The van der Waals surface area contributed by atoms with Crippen molar-refractivity contribution in [3.8, 4) is 5.88 Å². The van der Waals surface area contributed by atoms with Crippen molar-refractivity contribution in [1.82, 2.24) is 20.1 Å². The van der Waals surface area contributed by atoms with E-state index in [1.54, 1.807) is 31.5 Å². The van der Waals surface area contributed by atoms with Crippen molar-refractivity contribution >= 4 is 23.7 Å². The Morgan fingerprint density at radius 3 is 2.18 bits per heavy atom. The van der Waals surface area contributed by atoms with Crippen LogP contribution in [-0.2, 0) is 15.0 Å². The molecule has 6 rings (SSSR count). The zero-order valence-electron chi connectivity index (χ0n) is 30.5. The molecule has 0 radical (unpaired) electrons. The van der Waals surface area contributed by atoms with Crippen molar-refractivity contribution in [2.24, 2.45) is 5.41 Å². The number of carbonyl (C=O) groups is 2. The maximum absolute atomic E-state index is 14.4. The highest BCUT2D eigenvalue weighted by atomic mass is 19.3. The van der Waals surface area contributed by atoms with Crippen LogP contribution in [0.1, 0.15) is 138 Å². The Labute approximate surface area is 288 Å². The lowest BCUT2D eigenvalue weighted by Gasteiger charge is -2.71. The molecule has 0 aliphatic heterocycles. The second-order valence-electron chi connectivity index (χ2n) is 17.4. The van der Waals surface area contributed by atoms with Crippen molar-refractivity contribution in [3.63, 3.8) is 0 Å². The molecule has 272 valence electrons. The van der Waals surface area contributed by atoms with Crippen LogP contribution in [0.5, 0.6) is 5.88 Å². The first-order chi connectivity index (χ1) is 22.5. The quantitative estimate of drug-likeness (QED) is 0.269. The highest BCUT2D eigenvalue weighted by Crippen LogP contribution is 2.69. The van der Waals surface area contributed by atoms with E-state index in [9.17, 15) is 23.5 Å². The number of aromatic nitrogens is 3. The van der Waals surface area contributed by atoms with Crippen LogP contribution in [0.15, 0.2) is 18.2 Å². The van der Waals surface area contributed by atoms with Gasteiger partial charge in [-0.3, -0.25) is 0 Å². The summed E-state index contributed by atoms with van der Waals surface area (Å²) < 4.78 is 47.9. The van der Waals surface area contributed by atoms with Gasteiger partial charge in [0.1, 0.15) is 22.7 Å². The molecule has 1 unspecified atom stereocenters. The Bertz CT molecular complexity index is 1540. The van der Waals surface area contributed by atoms with Gasteiger partial charge in [0.05, 0.1) is 29.1 Å². The molecule has 2 aromatic rings. The molecule has 0 spiro atoms. The van der Waals surface area contributed by atoms with Crippen LogP contribution in [-0.4, -0.2) is 61.0 Å². The largest absolute Gasteiger partial charge is 0.475 e. The highest BCUT2D eigenvalue weighted by molar-refractivity contribution is 5.95. The lowest BCUT2D eigenvalue weighted by atomic mass is 9.38. The van der Waals surface area contributed by atoms with Crippen molar-refractivity contribution in [3.05, 3.63) is 29.6 Å². The van der Waals surface area contributed by atoms with Gasteiger partial charge >= 0.3 is 12.2 Å². The van der Waals surface area contributed by atoms with Gasteiger partial charge < -0.3 is 24.6 Å². The molecule has 0 saturated heterocycles. The van der Waals surface area contributed by atoms with Gasteiger partial charge in [0.2, 0.25) is 5.88 Å². The molecule has 4 aliphatic rings. The number of pyridine rings is 1. The molecule has 4 fully saturated rings. The number of aliphatic hydroxyl groups is 1. The zero-order valence-corrected chi connectivity index (χ0v) is 30.5. The minimum absolute atomic E-state index is 0.0119. The monoisotopic (exact) mass is 689 g/mol. The van der Waals surface area contributed by atoms with E-state index in [2.05, 4.69) is 10.3 Å². The molecule has 49 heavy (non-hydrogen) atoms. The maximum atomic E-state index is 14.4. The van der Waals surface area contributed by atoms with E-state index in [1.807, 2.05) is 48.5 Å². The summed E-state index contributed by atoms with van der Waals surface area (Å²) in [5.74, 6) is 0.297. The first-order valence-electron chi connectivity index (χ1n) is 17.3. The van der Waals surface area contributed by atoms with Crippen LogP contribution in [0.25, 0.3) is 0 Å². The van der Waals surface area contributed by atoms with Gasteiger partial charge in [-0.15, -0.1) is 0 Å². The van der Waals surface area contributed by atoms with Crippen molar-refractivity contribution in [2.45, 2.75) is 161 Å². The smallest absolute Gasteiger partial charge is 0.420 e. The number of nitrogens with one attached hydrogen (secondary N) is 1. The van der Waals surface area contributed by atoms with Crippen LogP contribution in [0.3, 0.4) is 0 Å².